The number of rotatable bonds is 3. The van der Waals surface area contributed by atoms with Gasteiger partial charge < -0.3 is 8.83 Å². The van der Waals surface area contributed by atoms with Gasteiger partial charge in [-0.05, 0) is 66.7 Å². The molecule has 4 aromatic heterocycles. The van der Waals surface area contributed by atoms with Crippen LogP contribution in [0.25, 0.3) is 98.0 Å². The lowest BCUT2D eigenvalue weighted by Gasteiger charge is -2.10. The van der Waals surface area contributed by atoms with E-state index in [1.54, 1.807) is 0 Å². The summed E-state index contributed by atoms with van der Waals surface area (Å²) in [5.41, 5.74) is 8.11. The summed E-state index contributed by atoms with van der Waals surface area (Å²) in [5.74, 6) is 0.662. The van der Waals surface area contributed by atoms with Gasteiger partial charge in [-0.3, -0.25) is 0 Å². The summed E-state index contributed by atoms with van der Waals surface area (Å²) in [5, 5.41) is 6.84. The van der Waals surface area contributed by atoms with Crippen LogP contribution in [-0.4, -0.2) is 9.97 Å². The molecule has 0 spiro atoms. The molecule has 0 aliphatic carbocycles. The molecule has 0 radical (unpaired) electrons. The van der Waals surface area contributed by atoms with Crippen LogP contribution in [0.1, 0.15) is 0 Å². The molecule has 0 saturated carbocycles. The van der Waals surface area contributed by atoms with E-state index < -0.39 is 0 Å². The second-order valence-corrected chi connectivity index (χ2v) is 12.5. The molecule has 45 heavy (non-hydrogen) atoms. The monoisotopic (exact) mass is 594 g/mol. The molecule has 0 fully saturated rings. The van der Waals surface area contributed by atoms with Crippen molar-refractivity contribution >= 4 is 75.4 Å². The molecule has 0 bridgehead atoms. The molecule has 0 N–H and O–H groups in total. The Balaban J connectivity index is 1.20. The highest BCUT2D eigenvalue weighted by Crippen LogP contribution is 2.38. The number of thiophene rings is 1. The zero-order chi connectivity index (χ0) is 29.5. The lowest BCUT2D eigenvalue weighted by Crippen LogP contribution is -1.96. The van der Waals surface area contributed by atoms with Crippen LogP contribution < -0.4 is 0 Å². The molecule has 0 aliphatic rings. The first-order valence-electron chi connectivity index (χ1n) is 14.9. The van der Waals surface area contributed by atoms with Crippen LogP contribution in [0.15, 0.2) is 142 Å². The molecule has 0 aliphatic heterocycles. The number of hydrogen-bond donors (Lipinski definition) is 0. The van der Waals surface area contributed by atoms with Gasteiger partial charge in [0.05, 0.1) is 11.4 Å². The molecule has 10 rings (SSSR count). The SMILES string of the molecule is c1ccc2c(c1)oc1cc(-c3cc(-c4ccc5sc6ccccc6c5c4)nc(-c4ccc5oc6ccccc6c5c4)n3)ccc12. The third kappa shape index (κ3) is 3.84. The van der Waals surface area contributed by atoms with E-state index in [1.165, 1.54) is 20.2 Å². The normalized spacial score (nSPS) is 12.0. The topological polar surface area (TPSA) is 52.1 Å². The van der Waals surface area contributed by atoms with Crippen molar-refractivity contribution in [1.82, 2.24) is 9.97 Å². The van der Waals surface area contributed by atoms with Gasteiger partial charge in [-0.25, -0.2) is 9.97 Å². The molecule has 0 amide bonds. The number of furan rings is 2. The first-order chi connectivity index (χ1) is 22.2. The van der Waals surface area contributed by atoms with E-state index in [0.717, 1.165) is 72.0 Å². The average molecular weight is 595 g/mol. The summed E-state index contributed by atoms with van der Waals surface area (Å²) >= 11 is 1.82. The number of nitrogens with zero attached hydrogens (tertiary/aromatic N) is 2. The Hall–Kier alpha value is -5.78. The van der Waals surface area contributed by atoms with E-state index in [4.69, 9.17) is 18.8 Å². The molecule has 4 nitrogen and oxygen atoms in total. The smallest absolute Gasteiger partial charge is 0.160 e. The van der Waals surface area contributed by atoms with Gasteiger partial charge in [-0.2, -0.15) is 0 Å². The minimum absolute atomic E-state index is 0.662. The van der Waals surface area contributed by atoms with Crippen molar-refractivity contribution in [1.29, 1.82) is 0 Å². The van der Waals surface area contributed by atoms with E-state index in [0.29, 0.717) is 5.82 Å². The summed E-state index contributed by atoms with van der Waals surface area (Å²) in [6.45, 7) is 0. The molecule has 4 heterocycles. The fourth-order valence-corrected chi connectivity index (χ4v) is 7.59. The van der Waals surface area contributed by atoms with E-state index in [-0.39, 0.29) is 0 Å². The molecule has 6 aromatic carbocycles. The Morgan fingerprint density at radius 3 is 1.76 bits per heavy atom. The minimum atomic E-state index is 0.662. The van der Waals surface area contributed by atoms with E-state index in [9.17, 15) is 0 Å². The van der Waals surface area contributed by atoms with Crippen molar-refractivity contribution in [3.63, 3.8) is 0 Å². The van der Waals surface area contributed by atoms with Crippen LogP contribution >= 0.6 is 11.3 Å². The second kappa shape index (κ2) is 9.36. The van der Waals surface area contributed by atoms with E-state index in [2.05, 4.69) is 84.9 Å². The number of para-hydroxylation sites is 2. The van der Waals surface area contributed by atoms with E-state index in [1.807, 2.05) is 59.9 Å². The fraction of sp³-hybridized carbons (Fsp3) is 0. The maximum Gasteiger partial charge on any atom is 0.160 e. The van der Waals surface area contributed by atoms with Gasteiger partial charge in [-0.1, -0.05) is 66.7 Å². The van der Waals surface area contributed by atoms with Crippen molar-refractivity contribution in [3.05, 3.63) is 133 Å². The van der Waals surface area contributed by atoms with Crippen molar-refractivity contribution in [2.45, 2.75) is 0 Å². The third-order valence-electron chi connectivity index (χ3n) is 8.71. The molecule has 0 saturated heterocycles. The zero-order valence-electron chi connectivity index (χ0n) is 23.8. The Bertz CT molecular complexity index is 2650. The highest BCUT2D eigenvalue weighted by molar-refractivity contribution is 7.25. The standard InChI is InChI=1S/C40H22N2O2S/c1-4-10-34-26(7-1)28-16-13-24(21-37(28)44-34)33-22-32(23-15-18-39-31(19-23)29-9-3-6-12-38(29)45-39)41-40(42-33)25-14-17-36-30(20-25)27-8-2-5-11-35(27)43-36/h1-22H. The van der Waals surface area contributed by atoms with Crippen molar-refractivity contribution in [2.24, 2.45) is 0 Å². The van der Waals surface area contributed by atoms with Gasteiger partial charge in [0, 0.05) is 58.4 Å². The molecule has 210 valence electrons. The molecule has 0 unspecified atom stereocenters. The van der Waals surface area contributed by atoms with Gasteiger partial charge in [-0.15, -0.1) is 11.3 Å². The highest BCUT2D eigenvalue weighted by Gasteiger charge is 2.16. The molecular weight excluding hydrogens is 573 g/mol. The highest BCUT2D eigenvalue weighted by atomic mass is 32.1. The molecular formula is C40H22N2O2S. The fourth-order valence-electron chi connectivity index (χ4n) is 6.51. The van der Waals surface area contributed by atoms with Gasteiger partial charge >= 0.3 is 0 Å². The number of hydrogen-bond acceptors (Lipinski definition) is 5. The summed E-state index contributed by atoms with van der Waals surface area (Å²) in [7, 11) is 0. The van der Waals surface area contributed by atoms with E-state index >= 15 is 0 Å². The van der Waals surface area contributed by atoms with Gasteiger partial charge in [0.1, 0.15) is 22.3 Å². The first kappa shape index (κ1) is 24.6. The summed E-state index contributed by atoms with van der Waals surface area (Å²) in [6.07, 6.45) is 0. The summed E-state index contributed by atoms with van der Waals surface area (Å²) in [4.78, 5) is 10.3. The van der Waals surface area contributed by atoms with Crippen LogP contribution in [0.4, 0.5) is 0 Å². The maximum absolute atomic E-state index is 6.25. The average Bonchev–Trinajstić information content (AvgIpc) is 3.78. The maximum atomic E-state index is 6.25. The molecule has 5 heteroatoms. The predicted molar refractivity (Wildman–Crippen MR) is 186 cm³/mol. The Kier molecular flexibility index (Phi) is 5.12. The number of benzene rings is 6. The Morgan fingerprint density at radius 2 is 0.933 bits per heavy atom. The molecule has 0 atom stereocenters. The summed E-state index contributed by atoms with van der Waals surface area (Å²) < 4.78 is 14.9. The quantitative estimate of drug-likeness (QED) is 0.204. The Morgan fingerprint density at radius 1 is 0.378 bits per heavy atom. The Labute approximate surface area is 260 Å². The zero-order valence-corrected chi connectivity index (χ0v) is 24.6. The van der Waals surface area contributed by atoms with Crippen molar-refractivity contribution < 1.29 is 8.83 Å². The number of fused-ring (bicyclic) bond motifs is 9. The lowest BCUT2D eigenvalue weighted by atomic mass is 10.0. The predicted octanol–water partition coefficient (Wildman–Crippen LogP) is 11.6. The van der Waals surface area contributed by atoms with Crippen LogP contribution in [0, 0.1) is 0 Å². The number of aromatic nitrogens is 2. The van der Waals surface area contributed by atoms with Crippen molar-refractivity contribution in [3.8, 4) is 33.9 Å². The van der Waals surface area contributed by atoms with Crippen LogP contribution in [0.5, 0.6) is 0 Å². The largest absolute Gasteiger partial charge is 0.456 e. The van der Waals surface area contributed by atoms with Gasteiger partial charge in [0.25, 0.3) is 0 Å². The van der Waals surface area contributed by atoms with Crippen LogP contribution in [0.2, 0.25) is 0 Å². The van der Waals surface area contributed by atoms with Crippen LogP contribution in [-0.2, 0) is 0 Å². The molecule has 10 aromatic rings. The van der Waals surface area contributed by atoms with Crippen LogP contribution in [0.3, 0.4) is 0 Å². The second-order valence-electron chi connectivity index (χ2n) is 11.4. The first-order valence-corrected chi connectivity index (χ1v) is 15.7. The lowest BCUT2D eigenvalue weighted by molar-refractivity contribution is 0.668. The van der Waals surface area contributed by atoms with Crippen molar-refractivity contribution in [2.75, 3.05) is 0 Å². The van der Waals surface area contributed by atoms with Gasteiger partial charge in [0.2, 0.25) is 0 Å². The van der Waals surface area contributed by atoms with Gasteiger partial charge in [0.15, 0.2) is 5.82 Å². The minimum Gasteiger partial charge on any atom is -0.456 e. The summed E-state index contributed by atoms with van der Waals surface area (Å²) in [6, 6.07) is 46.2. The third-order valence-corrected chi connectivity index (χ3v) is 9.86.